The third kappa shape index (κ3) is 8.02. The van der Waals surface area contributed by atoms with Crippen molar-refractivity contribution < 1.29 is 9.59 Å². The van der Waals surface area contributed by atoms with Gasteiger partial charge in [-0.05, 0) is 25.7 Å². The van der Waals surface area contributed by atoms with Crippen molar-refractivity contribution >= 4 is 27.5 Å². The molecule has 0 spiro atoms. The van der Waals surface area contributed by atoms with Crippen LogP contribution in [0.25, 0.3) is 0 Å². The molecule has 0 radical (unpaired) electrons. The third-order valence-electron chi connectivity index (χ3n) is 3.15. The zero-order valence-corrected chi connectivity index (χ0v) is 13.4. The molecule has 3 heteroatoms. The van der Waals surface area contributed by atoms with Gasteiger partial charge >= 0.3 is 0 Å². The summed E-state index contributed by atoms with van der Waals surface area (Å²) in [7, 11) is 0. The van der Waals surface area contributed by atoms with E-state index in [1.165, 1.54) is 12.8 Å². The molecule has 0 aliphatic carbocycles. The summed E-state index contributed by atoms with van der Waals surface area (Å²) < 4.78 is 0. The van der Waals surface area contributed by atoms with E-state index in [-0.39, 0.29) is 17.5 Å². The highest BCUT2D eigenvalue weighted by atomic mass is 79.9. The lowest BCUT2D eigenvalue weighted by atomic mass is 9.88. The average molecular weight is 319 g/mol. The fraction of sp³-hybridized carbons (Fsp3) is 0.867. The number of hydrogen-bond donors (Lipinski definition) is 0. The molecule has 0 saturated carbocycles. The largest absolute Gasteiger partial charge is 0.299 e. The van der Waals surface area contributed by atoms with E-state index in [0.29, 0.717) is 12.8 Å². The maximum Gasteiger partial charge on any atom is 0.143 e. The van der Waals surface area contributed by atoms with Crippen LogP contribution >= 0.6 is 15.9 Å². The van der Waals surface area contributed by atoms with Gasteiger partial charge in [0.15, 0.2) is 0 Å². The number of unbranched alkanes of at least 4 members (excludes halogenated alkanes) is 3. The fourth-order valence-corrected chi connectivity index (χ4v) is 2.54. The summed E-state index contributed by atoms with van der Waals surface area (Å²) in [4.78, 5) is 23.9. The predicted molar refractivity (Wildman–Crippen MR) is 80.2 cm³/mol. The van der Waals surface area contributed by atoms with Crippen molar-refractivity contribution in [3.63, 3.8) is 0 Å². The second-order valence-electron chi connectivity index (χ2n) is 4.88. The SMILES string of the molecule is CCCC(=O)C(CCCCCCBr)C(=O)CCC. The molecule has 0 fully saturated rings. The Labute approximate surface area is 120 Å². The van der Waals surface area contributed by atoms with Crippen LogP contribution in [-0.4, -0.2) is 16.9 Å². The van der Waals surface area contributed by atoms with E-state index in [4.69, 9.17) is 0 Å². The number of ketones is 2. The molecule has 106 valence electrons. The second kappa shape index (κ2) is 11.9. The molecule has 0 bridgehead atoms. The Balaban J connectivity index is 4.12. The van der Waals surface area contributed by atoms with Crippen molar-refractivity contribution in [3.05, 3.63) is 0 Å². The molecule has 0 aromatic carbocycles. The summed E-state index contributed by atoms with van der Waals surface area (Å²) in [5.41, 5.74) is 0. The lowest BCUT2D eigenvalue weighted by molar-refractivity contribution is -0.133. The Kier molecular flexibility index (Phi) is 11.8. The standard InChI is InChI=1S/C15H27BrO2/c1-3-9-14(17)13(15(18)10-4-2)11-7-5-6-8-12-16/h13H,3-12H2,1-2H3. The van der Waals surface area contributed by atoms with Crippen molar-refractivity contribution in [1.29, 1.82) is 0 Å². The van der Waals surface area contributed by atoms with Crippen LogP contribution in [0.5, 0.6) is 0 Å². The van der Waals surface area contributed by atoms with Crippen LogP contribution in [0.4, 0.5) is 0 Å². The summed E-state index contributed by atoms with van der Waals surface area (Å²) >= 11 is 3.41. The number of carbonyl (C=O) groups is 2. The average Bonchev–Trinajstić information content (AvgIpc) is 2.34. The van der Waals surface area contributed by atoms with Gasteiger partial charge in [-0.25, -0.2) is 0 Å². The molecule has 0 unspecified atom stereocenters. The first-order valence-electron chi connectivity index (χ1n) is 7.28. The Morgan fingerprint density at radius 1 is 0.889 bits per heavy atom. The fourth-order valence-electron chi connectivity index (χ4n) is 2.14. The first kappa shape index (κ1) is 17.8. The number of hydrogen-bond acceptors (Lipinski definition) is 2. The molecule has 0 N–H and O–H groups in total. The van der Waals surface area contributed by atoms with Crippen molar-refractivity contribution in [1.82, 2.24) is 0 Å². The van der Waals surface area contributed by atoms with Crippen LogP contribution in [0.15, 0.2) is 0 Å². The number of halogens is 1. The van der Waals surface area contributed by atoms with Gasteiger partial charge in [-0.1, -0.05) is 49.0 Å². The minimum Gasteiger partial charge on any atom is -0.299 e. The summed E-state index contributed by atoms with van der Waals surface area (Å²) in [6.45, 7) is 3.99. The third-order valence-corrected chi connectivity index (χ3v) is 3.71. The van der Waals surface area contributed by atoms with E-state index in [2.05, 4.69) is 15.9 Å². The Morgan fingerprint density at radius 3 is 1.83 bits per heavy atom. The van der Waals surface area contributed by atoms with E-state index in [1.54, 1.807) is 0 Å². The van der Waals surface area contributed by atoms with E-state index in [1.807, 2.05) is 13.8 Å². The smallest absolute Gasteiger partial charge is 0.143 e. The molecule has 0 aliphatic heterocycles. The van der Waals surface area contributed by atoms with Crippen LogP contribution in [0, 0.1) is 5.92 Å². The lowest BCUT2D eigenvalue weighted by Gasteiger charge is -2.14. The second-order valence-corrected chi connectivity index (χ2v) is 5.67. The van der Waals surface area contributed by atoms with E-state index < -0.39 is 0 Å². The molecule has 0 heterocycles. The van der Waals surface area contributed by atoms with Crippen LogP contribution in [0.2, 0.25) is 0 Å². The van der Waals surface area contributed by atoms with Gasteiger partial charge in [-0.3, -0.25) is 9.59 Å². The molecule has 0 aromatic heterocycles. The van der Waals surface area contributed by atoms with Crippen LogP contribution in [-0.2, 0) is 9.59 Å². The van der Waals surface area contributed by atoms with E-state index in [9.17, 15) is 9.59 Å². The molecule has 0 amide bonds. The van der Waals surface area contributed by atoms with Crippen LogP contribution < -0.4 is 0 Å². The van der Waals surface area contributed by atoms with Gasteiger partial charge in [0.2, 0.25) is 0 Å². The molecule has 0 aromatic rings. The molecule has 0 aliphatic rings. The molecule has 0 rings (SSSR count). The lowest BCUT2D eigenvalue weighted by Crippen LogP contribution is -2.23. The zero-order chi connectivity index (χ0) is 13.8. The number of carbonyl (C=O) groups excluding carboxylic acids is 2. The molecule has 2 nitrogen and oxygen atoms in total. The van der Waals surface area contributed by atoms with Gasteiger partial charge in [-0.15, -0.1) is 0 Å². The summed E-state index contributed by atoms with van der Waals surface area (Å²) in [5.74, 6) is 0.0155. The zero-order valence-electron chi connectivity index (χ0n) is 11.8. The van der Waals surface area contributed by atoms with Crippen molar-refractivity contribution in [2.24, 2.45) is 5.92 Å². The minimum atomic E-state index is -0.311. The minimum absolute atomic E-state index is 0.163. The molecular formula is C15H27BrO2. The van der Waals surface area contributed by atoms with Gasteiger partial charge < -0.3 is 0 Å². The van der Waals surface area contributed by atoms with Gasteiger partial charge in [0, 0.05) is 18.2 Å². The molecule has 0 atom stereocenters. The maximum atomic E-state index is 12.0. The van der Waals surface area contributed by atoms with Gasteiger partial charge in [0.25, 0.3) is 0 Å². The number of alkyl halides is 1. The molecule has 0 saturated heterocycles. The Hall–Kier alpha value is -0.180. The summed E-state index contributed by atoms with van der Waals surface area (Å²) in [6, 6.07) is 0. The maximum absolute atomic E-state index is 12.0. The monoisotopic (exact) mass is 318 g/mol. The van der Waals surface area contributed by atoms with Gasteiger partial charge in [-0.2, -0.15) is 0 Å². The number of Topliss-reactive ketones (excluding diaryl/α,β-unsaturated/α-hetero) is 2. The predicted octanol–water partition coefficient (Wildman–Crippen LogP) is 4.69. The first-order valence-corrected chi connectivity index (χ1v) is 8.40. The topological polar surface area (TPSA) is 34.1 Å². The van der Waals surface area contributed by atoms with E-state index in [0.717, 1.165) is 37.4 Å². The molecular weight excluding hydrogens is 292 g/mol. The number of rotatable bonds is 12. The highest BCUT2D eigenvalue weighted by Crippen LogP contribution is 2.18. The van der Waals surface area contributed by atoms with Crippen LogP contribution in [0.1, 0.15) is 71.6 Å². The van der Waals surface area contributed by atoms with E-state index >= 15 is 0 Å². The summed E-state index contributed by atoms with van der Waals surface area (Å²) in [5, 5.41) is 1.04. The van der Waals surface area contributed by atoms with Gasteiger partial charge in [0.1, 0.15) is 11.6 Å². The highest BCUT2D eigenvalue weighted by molar-refractivity contribution is 9.09. The van der Waals surface area contributed by atoms with Crippen molar-refractivity contribution in [3.8, 4) is 0 Å². The normalized spacial score (nSPS) is 10.9. The quantitative estimate of drug-likeness (QED) is 0.297. The molecule has 18 heavy (non-hydrogen) atoms. The summed E-state index contributed by atoms with van der Waals surface area (Å²) in [6.07, 6.45) is 8.06. The highest BCUT2D eigenvalue weighted by Gasteiger charge is 2.23. The van der Waals surface area contributed by atoms with Gasteiger partial charge in [0.05, 0.1) is 5.92 Å². The van der Waals surface area contributed by atoms with Crippen LogP contribution in [0.3, 0.4) is 0 Å². The van der Waals surface area contributed by atoms with Crippen molar-refractivity contribution in [2.45, 2.75) is 71.6 Å². The Bertz CT molecular complexity index is 221. The van der Waals surface area contributed by atoms with Crippen molar-refractivity contribution in [2.75, 3.05) is 5.33 Å². The Morgan fingerprint density at radius 2 is 1.39 bits per heavy atom. The first-order chi connectivity index (χ1) is 8.67.